The zero-order chi connectivity index (χ0) is 38.2. The van der Waals surface area contributed by atoms with Gasteiger partial charge in [0.25, 0.3) is 0 Å². The average molecular weight is 689 g/mol. The van der Waals surface area contributed by atoms with Crippen LogP contribution in [0.1, 0.15) is 178 Å². The quantitative estimate of drug-likeness (QED) is 0.189. The van der Waals surface area contributed by atoms with Crippen LogP contribution < -0.4 is 15.6 Å². The Balaban J connectivity index is 2.47. The molecule has 0 atom stereocenters. The van der Waals surface area contributed by atoms with E-state index in [-0.39, 0.29) is 32.5 Å². The minimum Gasteiger partial charge on any atom is -0.0776 e. The van der Waals surface area contributed by atoms with E-state index in [1.54, 1.807) is 5.20 Å². The number of benzene rings is 3. The lowest BCUT2D eigenvalue weighted by Gasteiger charge is -2.41. The molecule has 1 heteroatoms. The lowest BCUT2D eigenvalue weighted by molar-refractivity contribution is 0.569. The molecule has 1 aliphatic carbocycles. The molecule has 0 bridgehead atoms. The van der Waals surface area contributed by atoms with Gasteiger partial charge in [0, 0.05) is 0 Å². The Hall–Kier alpha value is -2.64. The minimum absolute atomic E-state index is 0.0110. The molecule has 272 valence electrons. The van der Waals surface area contributed by atoms with E-state index in [2.05, 4.69) is 199 Å². The van der Waals surface area contributed by atoms with Crippen LogP contribution in [-0.4, -0.2) is 8.07 Å². The van der Waals surface area contributed by atoms with Crippen molar-refractivity contribution >= 4 is 23.6 Å². The van der Waals surface area contributed by atoms with Gasteiger partial charge in [0.1, 0.15) is 0 Å². The summed E-state index contributed by atoms with van der Waals surface area (Å²) < 4.78 is 0. The van der Waals surface area contributed by atoms with Crippen molar-refractivity contribution in [3.8, 4) is 0 Å². The molecule has 0 aromatic heterocycles. The molecule has 0 nitrogen and oxygen atoms in total. The highest BCUT2D eigenvalue weighted by Crippen LogP contribution is 2.39. The molecule has 50 heavy (non-hydrogen) atoms. The van der Waals surface area contributed by atoms with Crippen LogP contribution in [0.5, 0.6) is 0 Å². The van der Waals surface area contributed by atoms with Crippen LogP contribution >= 0.6 is 0 Å². The van der Waals surface area contributed by atoms with Crippen LogP contribution in [0.2, 0.25) is 0 Å². The first-order valence-corrected chi connectivity index (χ1v) is 21.2. The summed E-state index contributed by atoms with van der Waals surface area (Å²) >= 11 is 0. The van der Waals surface area contributed by atoms with Crippen molar-refractivity contribution < 1.29 is 0 Å². The van der Waals surface area contributed by atoms with Crippen molar-refractivity contribution in [1.82, 2.24) is 0 Å². The van der Waals surface area contributed by atoms with Crippen LogP contribution in [0.3, 0.4) is 0 Å². The second-order valence-corrected chi connectivity index (χ2v) is 25.7. The first-order valence-electron chi connectivity index (χ1n) is 19.2. The van der Waals surface area contributed by atoms with E-state index in [1.807, 2.05) is 0 Å². The molecule has 0 aliphatic heterocycles. The zero-order valence-corrected chi connectivity index (χ0v) is 37.0. The van der Waals surface area contributed by atoms with Gasteiger partial charge in [-0.15, -0.1) is 0 Å². The fourth-order valence-corrected chi connectivity index (χ4v) is 12.8. The summed E-state index contributed by atoms with van der Waals surface area (Å²) in [6, 6.07) is 23.4. The highest BCUT2D eigenvalue weighted by Gasteiger charge is 2.47. The fourth-order valence-electron chi connectivity index (χ4n) is 7.39. The van der Waals surface area contributed by atoms with Gasteiger partial charge in [-0.05, 0) is 102 Å². The molecule has 0 heterocycles. The average Bonchev–Trinajstić information content (AvgIpc) is 3.28. The van der Waals surface area contributed by atoms with Gasteiger partial charge in [-0.2, -0.15) is 0 Å². The Labute approximate surface area is 310 Å². The molecule has 1 aliphatic rings. The van der Waals surface area contributed by atoms with Gasteiger partial charge in [0.2, 0.25) is 0 Å². The number of hydrogen-bond donors (Lipinski definition) is 0. The van der Waals surface area contributed by atoms with Crippen LogP contribution in [0, 0.1) is 0 Å². The highest BCUT2D eigenvalue weighted by molar-refractivity contribution is 7.16. The van der Waals surface area contributed by atoms with Crippen molar-refractivity contribution in [2.75, 3.05) is 0 Å². The van der Waals surface area contributed by atoms with E-state index in [1.165, 1.54) is 60.1 Å². The van der Waals surface area contributed by atoms with E-state index >= 15 is 0 Å². The van der Waals surface area contributed by atoms with Gasteiger partial charge in [0.15, 0.2) is 8.07 Å². The lowest BCUT2D eigenvalue weighted by Crippen LogP contribution is -2.69. The molecule has 0 spiro atoms. The van der Waals surface area contributed by atoms with Crippen LogP contribution in [-0.2, 0) is 32.5 Å². The molecule has 0 fully saturated rings. The molecule has 3 aromatic carbocycles. The first kappa shape index (κ1) is 40.1. The SMILES string of the molecule is CC1=CCC([Si](c2cc(C(C)(C)C)cc(C(C)(C)C)c2)(c2cc(C(C)(C)C)cc(C(C)(C)C)c2)c2cc(C(C)(C)C)cc(C(C)(C)C)c2)=C1C. The molecule has 0 radical (unpaired) electrons. The smallest absolute Gasteiger partial charge is 0.0776 e. The van der Waals surface area contributed by atoms with Gasteiger partial charge in [-0.1, -0.05) is 202 Å². The topological polar surface area (TPSA) is 0 Å². The molecular formula is C49H72Si. The molecule has 0 saturated carbocycles. The van der Waals surface area contributed by atoms with Gasteiger partial charge in [-0.3, -0.25) is 0 Å². The number of rotatable bonds is 4. The van der Waals surface area contributed by atoms with E-state index in [9.17, 15) is 0 Å². The van der Waals surface area contributed by atoms with Crippen molar-refractivity contribution in [1.29, 1.82) is 0 Å². The summed E-state index contributed by atoms with van der Waals surface area (Å²) in [6.07, 6.45) is 3.52. The Bertz CT molecular complexity index is 1530. The van der Waals surface area contributed by atoms with Gasteiger partial charge in [0.05, 0.1) is 0 Å². The summed E-state index contributed by atoms with van der Waals surface area (Å²) in [5.74, 6) is 0. The molecule has 4 rings (SSSR count). The largest absolute Gasteiger partial charge is 0.176 e. The van der Waals surface area contributed by atoms with Gasteiger partial charge >= 0.3 is 0 Å². The third-order valence-corrected chi connectivity index (χ3v) is 16.4. The molecule has 0 amide bonds. The van der Waals surface area contributed by atoms with Gasteiger partial charge < -0.3 is 0 Å². The van der Waals surface area contributed by atoms with Crippen molar-refractivity contribution in [3.63, 3.8) is 0 Å². The molecule has 0 saturated heterocycles. The van der Waals surface area contributed by atoms with E-state index < -0.39 is 8.07 Å². The standard InChI is InChI=1S/C49H72Si/c1-32-21-22-43(33(32)2)50(40-26-34(44(3,4)5)23-35(27-40)45(6,7)8,41-28-36(46(9,10)11)24-37(29-41)47(12,13)14)42-30-38(48(15,16)17)25-39(31-42)49(18,19)20/h21,23-31H,22H2,1-20H3. The molecular weight excluding hydrogens is 617 g/mol. The summed E-state index contributed by atoms with van der Waals surface area (Å²) in [7, 11) is -2.93. The fraction of sp³-hybridized carbons (Fsp3) is 0.551. The van der Waals surface area contributed by atoms with Crippen LogP contribution in [0.25, 0.3) is 0 Å². The maximum absolute atomic E-state index is 2.93. The second-order valence-electron chi connectivity index (χ2n) is 21.8. The normalized spacial score (nSPS) is 15.6. The third kappa shape index (κ3) is 7.89. The molecule has 0 N–H and O–H groups in total. The van der Waals surface area contributed by atoms with Gasteiger partial charge in [-0.25, -0.2) is 0 Å². The maximum atomic E-state index is 2.65. The zero-order valence-electron chi connectivity index (χ0n) is 36.0. The summed E-state index contributed by atoms with van der Waals surface area (Å²) in [6.45, 7) is 47.8. The predicted octanol–water partition coefficient (Wildman–Crippen LogP) is 12.1. The van der Waals surface area contributed by atoms with Crippen LogP contribution in [0.15, 0.2) is 77.0 Å². The van der Waals surface area contributed by atoms with Crippen LogP contribution in [0.4, 0.5) is 0 Å². The van der Waals surface area contributed by atoms with Crippen molar-refractivity contribution in [2.45, 2.75) is 177 Å². The summed E-state index contributed by atoms with van der Waals surface area (Å²) in [5, 5.41) is 6.25. The number of hydrogen-bond acceptors (Lipinski definition) is 0. The first-order chi connectivity index (χ1) is 22.4. The Morgan fingerprint density at radius 3 is 0.740 bits per heavy atom. The highest BCUT2D eigenvalue weighted by atomic mass is 28.3. The van der Waals surface area contributed by atoms with Crippen molar-refractivity contribution in [3.05, 3.63) is 110 Å². The minimum atomic E-state index is -2.93. The summed E-state index contributed by atoms with van der Waals surface area (Å²) in [4.78, 5) is 0. The maximum Gasteiger partial charge on any atom is 0.176 e. The molecule has 0 unspecified atom stereocenters. The summed E-state index contributed by atoms with van der Waals surface area (Å²) in [5.41, 5.74) is 11.6. The third-order valence-electron chi connectivity index (χ3n) is 11.4. The Kier molecular flexibility index (Phi) is 10.3. The molecule has 3 aromatic rings. The Morgan fingerprint density at radius 2 is 0.580 bits per heavy atom. The second kappa shape index (κ2) is 12.8. The van der Waals surface area contributed by atoms with Crippen molar-refractivity contribution in [2.24, 2.45) is 0 Å². The van der Waals surface area contributed by atoms with E-state index in [0.717, 1.165) is 6.42 Å². The lowest BCUT2D eigenvalue weighted by atomic mass is 9.80. The monoisotopic (exact) mass is 689 g/mol. The number of allylic oxidation sites excluding steroid dienone is 4. The predicted molar refractivity (Wildman–Crippen MR) is 227 cm³/mol. The van der Waals surface area contributed by atoms with E-state index in [0.29, 0.717) is 0 Å². The Morgan fingerprint density at radius 1 is 0.360 bits per heavy atom. The van der Waals surface area contributed by atoms with E-state index in [4.69, 9.17) is 0 Å².